The first-order valence-corrected chi connectivity index (χ1v) is 5.09. The SMILES string of the molecule is CC(=O)N1CCN(C(=O)n2ccnn2)CC1. The van der Waals surface area contributed by atoms with E-state index in [1.165, 1.54) is 24.0 Å². The summed E-state index contributed by atoms with van der Waals surface area (Å²) in [5, 5.41) is 7.22. The Morgan fingerprint density at radius 2 is 1.75 bits per heavy atom. The molecule has 0 aromatic carbocycles. The summed E-state index contributed by atoms with van der Waals surface area (Å²) in [6, 6.07) is -0.194. The lowest BCUT2D eigenvalue weighted by molar-refractivity contribution is -0.130. The van der Waals surface area contributed by atoms with Crippen LogP contribution in [0.4, 0.5) is 4.79 Å². The van der Waals surface area contributed by atoms with Crippen LogP contribution in [0.15, 0.2) is 12.4 Å². The summed E-state index contributed by atoms with van der Waals surface area (Å²) in [6.07, 6.45) is 2.98. The van der Waals surface area contributed by atoms with E-state index in [-0.39, 0.29) is 11.9 Å². The average Bonchev–Trinajstić information content (AvgIpc) is 2.81. The molecule has 1 fully saturated rings. The third-order valence-corrected chi connectivity index (χ3v) is 2.61. The molecule has 1 aliphatic rings. The molecule has 0 aliphatic carbocycles. The summed E-state index contributed by atoms with van der Waals surface area (Å²) in [6.45, 7) is 3.77. The maximum absolute atomic E-state index is 11.8. The van der Waals surface area contributed by atoms with Crippen molar-refractivity contribution >= 4 is 11.9 Å². The van der Waals surface area contributed by atoms with Gasteiger partial charge in [0.2, 0.25) is 5.91 Å². The van der Waals surface area contributed by atoms with E-state index >= 15 is 0 Å². The van der Waals surface area contributed by atoms with Crippen molar-refractivity contribution in [3.05, 3.63) is 12.4 Å². The van der Waals surface area contributed by atoms with Crippen molar-refractivity contribution in [2.45, 2.75) is 6.92 Å². The maximum atomic E-state index is 11.8. The van der Waals surface area contributed by atoms with Gasteiger partial charge in [-0.3, -0.25) is 4.79 Å². The molecule has 1 aromatic heterocycles. The number of carbonyl (C=O) groups excluding carboxylic acids is 2. The number of piperazine rings is 1. The molecule has 0 radical (unpaired) electrons. The Morgan fingerprint density at radius 3 is 2.25 bits per heavy atom. The summed E-state index contributed by atoms with van der Waals surface area (Å²) in [4.78, 5) is 26.3. The number of nitrogens with zero attached hydrogens (tertiary/aromatic N) is 5. The molecule has 7 nitrogen and oxygen atoms in total. The van der Waals surface area contributed by atoms with E-state index in [1.54, 1.807) is 9.80 Å². The zero-order valence-electron chi connectivity index (χ0n) is 9.04. The molecule has 0 N–H and O–H groups in total. The van der Waals surface area contributed by atoms with Crippen LogP contribution in [0, 0.1) is 0 Å². The molecule has 1 aliphatic heterocycles. The van der Waals surface area contributed by atoms with Gasteiger partial charge >= 0.3 is 6.03 Å². The molecule has 86 valence electrons. The lowest BCUT2D eigenvalue weighted by Gasteiger charge is -2.33. The first-order valence-electron chi connectivity index (χ1n) is 5.09. The Labute approximate surface area is 92.6 Å². The zero-order chi connectivity index (χ0) is 11.5. The van der Waals surface area contributed by atoms with Gasteiger partial charge in [0.05, 0.1) is 12.4 Å². The van der Waals surface area contributed by atoms with Gasteiger partial charge in [-0.05, 0) is 0 Å². The number of carbonyl (C=O) groups is 2. The van der Waals surface area contributed by atoms with Gasteiger partial charge in [0.1, 0.15) is 0 Å². The summed E-state index contributed by atoms with van der Waals surface area (Å²) in [5.74, 6) is 0.0489. The molecule has 1 aromatic rings. The van der Waals surface area contributed by atoms with Crippen LogP contribution in [0.3, 0.4) is 0 Å². The molecular weight excluding hydrogens is 210 g/mol. The first kappa shape index (κ1) is 10.6. The summed E-state index contributed by atoms with van der Waals surface area (Å²) < 4.78 is 1.20. The summed E-state index contributed by atoms with van der Waals surface area (Å²) >= 11 is 0. The van der Waals surface area contributed by atoms with Gasteiger partial charge in [-0.25, -0.2) is 4.79 Å². The largest absolute Gasteiger partial charge is 0.346 e. The van der Waals surface area contributed by atoms with Gasteiger partial charge in [0.15, 0.2) is 0 Å². The Hall–Kier alpha value is -1.92. The quantitative estimate of drug-likeness (QED) is 0.589. The Kier molecular flexibility index (Phi) is 2.84. The minimum absolute atomic E-state index is 0.0489. The van der Waals surface area contributed by atoms with Crippen molar-refractivity contribution in [2.75, 3.05) is 26.2 Å². The van der Waals surface area contributed by atoms with E-state index < -0.39 is 0 Å². The molecule has 16 heavy (non-hydrogen) atoms. The molecule has 0 spiro atoms. The monoisotopic (exact) mass is 223 g/mol. The van der Waals surface area contributed by atoms with Crippen LogP contribution < -0.4 is 0 Å². The lowest BCUT2D eigenvalue weighted by Crippen LogP contribution is -2.51. The standard InChI is InChI=1S/C9H13N5O2/c1-8(15)12-4-6-13(7-5-12)9(16)14-3-2-10-11-14/h2-3H,4-7H2,1H3. The summed E-state index contributed by atoms with van der Waals surface area (Å²) in [7, 11) is 0. The fraction of sp³-hybridized carbons (Fsp3) is 0.556. The Bertz CT molecular complexity index is 381. The molecule has 0 bridgehead atoms. The molecule has 0 atom stereocenters. The highest BCUT2D eigenvalue weighted by molar-refractivity contribution is 5.77. The third kappa shape index (κ3) is 2.02. The van der Waals surface area contributed by atoms with Gasteiger partial charge in [0.25, 0.3) is 0 Å². The highest BCUT2D eigenvalue weighted by atomic mass is 16.2. The van der Waals surface area contributed by atoms with Crippen LogP contribution in [0.25, 0.3) is 0 Å². The normalized spacial score (nSPS) is 16.3. The second-order valence-corrected chi connectivity index (χ2v) is 3.62. The highest BCUT2D eigenvalue weighted by Crippen LogP contribution is 2.03. The second kappa shape index (κ2) is 4.30. The van der Waals surface area contributed by atoms with Crippen LogP contribution in [0.2, 0.25) is 0 Å². The molecule has 2 rings (SSSR count). The average molecular weight is 223 g/mol. The number of amides is 2. The van der Waals surface area contributed by atoms with Crippen molar-refractivity contribution in [1.29, 1.82) is 0 Å². The van der Waals surface area contributed by atoms with E-state index in [1.807, 2.05) is 0 Å². The number of rotatable bonds is 0. The lowest BCUT2D eigenvalue weighted by atomic mass is 10.3. The first-order chi connectivity index (χ1) is 7.68. The zero-order valence-corrected chi connectivity index (χ0v) is 9.04. The minimum atomic E-state index is -0.194. The van der Waals surface area contributed by atoms with Crippen molar-refractivity contribution < 1.29 is 9.59 Å². The molecular formula is C9H13N5O2. The number of hydrogen-bond acceptors (Lipinski definition) is 4. The Balaban J connectivity index is 1.94. The predicted molar refractivity (Wildman–Crippen MR) is 54.6 cm³/mol. The van der Waals surface area contributed by atoms with Crippen molar-refractivity contribution in [1.82, 2.24) is 24.8 Å². The van der Waals surface area contributed by atoms with Gasteiger partial charge in [-0.1, -0.05) is 5.21 Å². The van der Waals surface area contributed by atoms with Crippen molar-refractivity contribution in [3.63, 3.8) is 0 Å². The van der Waals surface area contributed by atoms with Crippen LogP contribution in [-0.4, -0.2) is 62.9 Å². The molecule has 0 saturated carbocycles. The van der Waals surface area contributed by atoms with Crippen LogP contribution in [-0.2, 0) is 4.79 Å². The fourth-order valence-electron chi connectivity index (χ4n) is 1.67. The van der Waals surface area contributed by atoms with Crippen LogP contribution >= 0.6 is 0 Å². The van der Waals surface area contributed by atoms with Gasteiger partial charge < -0.3 is 9.80 Å². The van der Waals surface area contributed by atoms with E-state index in [0.717, 1.165) is 0 Å². The van der Waals surface area contributed by atoms with Crippen molar-refractivity contribution in [2.24, 2.45) is 0 Å². The third-order valence-electron chi connectivity index (χ3n) is 2.61. The van der Waals surface area contributed by atoms with Crippen molar-refractivity contribution in [3.8, 4) is 0 Å². The van der Waals surface area contributed by atoms with Crippen LogP contribution in [0.1, 0.15) is 6.92 Å². The van der Waals surface area contributed by atoms with E-state index in [2.05, 4.69) is 10.3 Å². The van der Waals surface area contributed by atoms with Crippen LogP contribution in [0.5, 0.6) is 0 Å². The molecule has 0 unspecified atom stereocenters. The Morgan fingerprint density at radius 1 is 1.12 bits per heavy atom. The molecule has 7 heteroatoms. The van der Waals surface area contributed by atoms with Gasteiger partial charge in [-0.15, -0.1) is 5.10 Å². The van der Waals surface area contributed by atoms with E-state index in [9.17, 15) is 9.59 Å². The summed E-state index contributed by atoms with van der Waals surface area (Å²) in [5.41, 5.74) is 0. The second-order valence-electron chi connectivity index (χ2n) is 3.62. The fourth-order valence-corrected chi connectivity index (χ4v) is 1.67. The van der Waals surface area contributed by atoms with E-state index in [4.69, 9.17) is 0 Å². The molecule has 2 heterocycles. The van der Waals surface area contributed by atoms with Gasteiger partial charge in [0, 0.05) is 33.1 Å². The predicted octanol–water partition coefficient (Wildman–Crippen LogP) is -0.590. The van der Waals surface area contributed by atoms with E-state index in [0.29, 0.717) is 26.2 Å². The topological polar surface area (TPSA) is 71.3 Å². The number of hydrogen-bond donors (Lipinski definition) is 0. The minimum Gasteiger partial charge on any atom is -0.339 e. The molecule has 1 saturated heterocycles. The molecule has 2 amide bonds. The van der Waals surface area contributed by atoms with Gasteiger partial charge in [-0.2, -0.15) is 4.68 Å². The maximum Gasteiger partial charge on any atom is 0.346 e. The smallest absolute Gasteiger partial charge is 0.339 e. The number of aromatic nitrogens is 3. The highest BCUT2D eigenvalue weighted by Gasteiger charge is 2.23.